The summed E-state index contributed by atoms with van der Waals surface area (Å²) in [5.41, 5.74) is 0.906. The van der Waals surface area contributed by atoms with Crippen LogP contribution < -0.4 is 5.32 Å². The van der Waals surface area contributed by atoms with Crippen LogP contribution in [0, 0.1) is 5.82 Å². The van der Waals surface area contributed by atoms with Crippen LogP contribution in [0.15, 0.2) is 55.0 Å². The fraction of sp³-hybridized carbons (Fsp3) is 0.190. The maximum atomic E-state index is 14.0. The molecule has 1 N–H and O–H groups in total. The van der Waals surface area contributed by atoms with E-state index in [9.17, 15) is 9.18 Å². The van der Waals surface area contributed by atoms with Gasteiger partial charge >= 0.3 is 0 Å². The summed E-state index contributed by atoms with van der Waals surface area (Å²) in [6.45, 7) is 6.09. The summed E-state index contributed by atoms with van der Waals surface area (Å²) in [5, 5.41) is 7.87. The number of nitrogens with one attached hydrogen (secondary N) is 1. The van der Waals surface area contributed by atoms with Gasteiger partial charge in [0.25, 0.3) is 11.9 Å². The molecule has 0 radical (unpaired) electrons. The van der Waals surface area contributed by atoms with E-state index in [2.05, 4.69) is 25.4 Å². The normalized spacial score (nSPS) is 11.5. The fourth-order valence-corrected chi connectivity index (χ4v) is 3.54. The van der Waals surface area contributed by atoms with Crippen LogP contribution in [0.3, 0.4) is 0 Å². The van der Waals surface area contributed by atoms with Crippen molar-refractivity contribution in [3.63, 3.8) is 0 Å². The monoisotopic (exact) mass is 422 g/mol. The number of carbonyl (C=O) groups excluding carboxylic acids is 1. The highest BCUT2D eigenvalue weighted by molar-refractivity contribution is 7.17. The predicted molar refractivity (Wildman–Crippen MR) is 113 cm³/mol. The van der Waals surface area contributed by atoms with Crippen molar-refractivity contribution in [3.05, 3.63) is 71.4 Å². The van der Waals surface area contributed by atoms with Gasteiger partial charge in [-0.2, -0.15) is 9.78 Å². The Bertz CT molecular complexity index is 1200. The molecule has 0 saturated carbocycles. The highest BCUT2D eigenvalue weighted by Crippen LogP contribution is 2.29. The Kier molecular flexibility index (Phi) is 5.13. The number of carbonyl (C=O) groups is 1. The summed E-state index contributed by atoms with van der Waals surface area (Å²) < 4.78 is 15.5. The first-order valence-corrected chi connectivity index (χ1v) is 10.0. The summed E-state index contributed by atoms with van der Waals surface area (Å²) in [5.74, 6) is 0.0391. The minimum atomic E-state index is -0.382. The molecule has 0 fully saturated rings. The van der Waals surface area contributed by atoms with E-state index in [1.807, 2.05) is 20.8 Å². The Morgan fingerprint density at radius 1 is 1.10 bits per heavy atom. The summed E-state index contributed by atoms with van der Waals surface area (Å²) in [6, 6.07) is 9.84. The first-order chi connectivity index (χ1) is 14.3. The van der Waals surface area contributed by atoms with Crippen molar-refractivity contribution in [2.75, 3.05) is 5.32 Å². The molecule has 7 nitrogen and oxygen atoms in total. The molecule has 4 aromatic rings. The van der Waals surface area contributed by atoms with E-state index < -0.39 is 0 Å². The summed E-state index contributed by atoms with van der Waals surface area (Å²) >= 11 is 1.12. The van der Waals surface area contributed by atoms with Gasteiger partial charge in [-0.05, 0) is 18.2 Å². The van der Waals surface area contributed by atoms with Crippen molar-refractivity contribution < 1.29 is 9.18 Å². The van der Waals surface area contributed by atoms with Crippen LogP contribution in [0.2, 0.25) is 0 Å². The molecule has 0 saturated heterocycles. The van der Waals surface area contributed by atoms with Crippen molar-refractivity contribution in [3.8, 4) is 16.5 Å². The van der Waals surface area contributed by atoms with Gasteiger partial charge in [-0.1, -0.05) is 32.9 Å². The Balaban J connectivity index is 1.65. The summed E-state index contributed by atoms with van der Waals surface area (Å²) in [7, 11) is 0. The van der Waals surface area contributed by atoms with Crippen LogP contribution >= 0.6 is 11.3 Å². The predicted octanol–water partition coefficient (Wildman–Crippen LogP) is 4.47. The molecule has 0 aliphatic carbocycles. The Morgan fingerprint density at radius 2 is 1.83 bits per heavy atom. The van der Waals surface area contributed by atoms with Gasteiger partial charge in [-0.15, -0.1) is 11.3 Å². The quantitative estimate of drug-likeness (QED) is 0.524. The molecule has 9 heteroatoms. The first-order valence-electron chi connectivity index (χ1n) is 9.23. The van der Waals surface area contributed by atoms with Gasteiger partial charge in [0.15, 0.2) is 0 Å². The number of nitrogens with zero attached hydrogens (tertiary/aromatic N) is 5. The number of halogens is 1. The Morgan fingerprint density at radius 3 is 2.53 bits per heavy atom. The Labute approximate surface area is 176 Å². The number of benzene rings is 1. The number of amides is 1. The van der Waals surface area contributed by atoms with Crippen LogP contribution in [-0.4, -0.2) is 30.6 Å². The third kappa shape index (κ3) is 3.97. The number of rotatable bonds is 4. The van der Waals surface area contributed by atoms with E-state index in [1.54, 1.807) is 42.7 Å². The number of aromatic nitrogens is 5. The van der Waals surface area contributed by atoms with Gasteiger partial charge in [0.05, 0.1) is 11.9 Å². The average molecular weight is 422 g/mol. The molecule has 1 aromatic carbocycles. The van der Waals surface area contributed by atoms with E-state index in [0.717, 1.165) is 17.0 Å². The number of anilines is 1. The molecule has 3 heterocycles. The second-order valence-corrected chi connectivity index (χ2v) is 8.62. The van der Waals surface area contributed by atoms with E-state index >= 15 is 0 Å². The SMILES string of the molecule is CC(C)(C)c1cc(NC(=O)c2cnc(-c3ccccc3F)s2)n(-c2ncccn2)n1. The molecule has 0 aliphatic rings. The lowest BCUT2D eigenvalue weighted by Crippen LogP contribution is -2.15. The van der Waals surface area contributed by atoms with Gasteiger partial charge in [0, 0.05) is 29.4 Å². The molecule has 4 rings (SSSR count). The van der Waals surface area contributed by atoms with Crippen LogP contribution in [-0.2, 0) is 5.41 Å². The lowest BCUT2D eigenvalue weighted by atomic mass is 9.92. The molecular formula is C21H19FN6OS. The van der Waals surface area contributed by atoms with E-state index in [1.165, 1.54) is 16.9 Å². The van der Waals surface area contributed by atoms with E-state index in [-0.39, 0.29) is 17.1 Å². The molecular weight excluding hydrogens is 403 g/mol. The molecule has 152 valence electrons. The molecule has 0 atom stereocenters. The molecule has 30 heavy (non-hydrogen) atoms. The van der Waals surface area contributed by atoms with Crippen molar-refractivity contribution in [2.24, 2.45) is 0 Å². The molecule has 0 unspecified atom stereocenters. The molecule has 0 spiro atoms. The van der Waals surface area contributed by atoms with Crippen molar-refractivity contribution >= 4 is 23.1 Å². The second-order valence-electron chi connectivity index (χ2n) is 7.59. The van der Waals surface area contributed by atoms with Crippen LogP contribution in [0.5, 0.6) is 0 Å². The van der Waals surface area contributed by atoms with Gasteiger partial charge in [0.1, 0.15) is 21.5 Å². The zero-order valence-corrected chi connectivity index (χ0v) is 17.4. The largest absolute Gasteiger partial charge is 0.306 e. The number of thiazole rings is 1. The third-order valence-corrected chi connectivity index (χ3v) is 5.32. The number of hydrogen-bond donors (Lipinski definition) is 1. The van der Waals surface area contributed by atoms with Crippen molar-refractivity contribution in [1.29, 1.82) is 0 Å². The standard InChI is InChI=1S/C21H19FN6OS/c1-21(2,3)16-11-17(28(27-16)20-23-9-6-10-24-20)26-18(29)15-12-25-19(30-15)13-7-4-5-8-14(13)22/h4-12H,1-3H3,(H,26,29). The zero-order valence-electron chi connectivity index (χ0n) is 16.6. The molecule has 1 amide bonds. The topological polar surface area (TPSA) is 85.6 Å². The first kappa shape index (κ1) is 19.8. The fourth-order valence-electron chi connectivity index (χ4n) is 2.71. The van der Waals surface area contributed by atoms with Gasteiger partial charge in [0.2, 0.25) is 0 Å². The molecule has 0 aliphatic heterocycles. The molecule has 0 bridgehead atoms. The zero-order chi connectivity index (χ0) is 21.3. The van der Waals surface area contributed by atoms with Crippen LogP contribution in [0.4, 0.5) is 10.2 Å². The lowest BCUT2D eigenvalue weighted by Gasteiger charge is -2.13. The summed E-state index contributed by atoms with van der Waals surface area (Å²) in [6.07, 6.45) is 4.65. The molecule has 3 aromatic heterocycles. The smallest absolute Gasteiger partial charge is 0.268 e. The highest BCUT2D eigenvalue weighted by atomic mass is 32.1. The van der Waals surface area contributed by atoms with Crippen molar-refractivity contribution in [2.45, 2.75) is 26.2 Å². The van der Waals surface area contributed by atoms with Gasteiger partial charge in [-0.3, -0.25) is 4.79 Å². The van der Waals surface area contributed by atoms with Crippen molar-refractivity contribution in [1.82, 2.24) is 24.7 Å². The van der Waals surface area contributed by atoms with Gasteiger partial charge in [-0.25, -0.2) is 19.3 Å². The van der Waals surface area contributed by atoms with Crippen LogP contribution in [0.25, 0.3) is 16.5 Å². The second kappa shape index (κ2) is 7.75. The van der Waals surface area contributed by atoms with Gasteiger partial charge < -0.3 is 5.32 Å². The lowest BCUT2D eigenvalue weighted by molar-refractivity contribution is 0.102. The minimum Gasteiger partial charge on any atom is -0.306 e. The third-order valence-electron chi connectivity index (χ3n) is 4.29. The number of hydrogen-bond acceptors (Lipinski definition) is 6. The van der Waals surface area contributed by atoms with E-state index in [0.29, 0.717) is 27.2 Å². The Hall–Kier alpha value is -3.46. The van der Waals surface area contributed by atoms with E-state index in [4.69, 9.17) is 0 Å². The van der Waals surface area contributed by atoms with Crippen LogP contribution in [0.1, 0.15) is 36.1 Å². The maximum absolute atomic E-state index is 14.0. The average Bonchev–Trinajstić information content (AvgIpc) is 3.36. The minimum absolute atomic E-state index is 0.234. The summed E-state index contributed by atoms with van der Waals surface area (Å²) in [4.78, 5) is 25.9. The highest BCUT2D eigenvalue weighted by Gasteiger charge is 2.23. The maximum Gasteiger partial charge on any atom is 0.268 e.